The van der Waals surface area contributed by atoms with Gasteiger partial charge in [0.05, 0.1) is 0 Å². The standard InChI is InChI=1S/C22H31N3O/c26-21(22-12-17-9-18(13-22)11-19(10-17)14-22)24-15-16-3-7-25(8-4-16)20-1-5-23-6-2-20/h1-2,5-6,16-19H,3-4,7-15H2,(H,24,26). The van der Waals surface area contributed by atoms with Gasteiger partial charge in [-0.05, 0) is 87.2 Å². The number of carbonyl (C=O) groups is 1. The lowest BCUT2D eigenvalue weighted by Gasteiger charge is -2.55. The van der Waals surface area contributed by atoms with Crippen molar-refractivity contribution in [2.45, 2.75) is 51.4 Å². The number of amides is 1. The molecule has 5 fully saturated rings. The summed E-state index contributed by atoms with van der Waals surface area (Å²) in [7, 11) is 0. The molecule has 0 atom stereocenters. The lowest BCUT2D eigenvalue weighted by atomic mass is 9.49. The van der Waals surface area contributed by atoms with Crippen molar-refractivity contribution in [3.05, 3.63) is 24.5 Å². The van der Waals surface area contributed by atoms with Crippen molar-refractivity contribution in [2.24, 2.45) is 29.1 Å². The Morgan fingerprint density at radius 3 is 2.19 bits per heavy atom. The smallest absolute Gasteiger partial charge is 0.226 e. The molecule has 0 aromatic carbocycles. The fourth-order valence-electron chi connectivity index (χ4n) is 6.76. The van der Waals surface area contributed by atoms with Crippen LogP contribution in [-0.2, 0) is 4.79 Å². The third-order valence-electron chi connectivity index (χ3n) is 7.71. The second-order valence-electron chi connectivity index (χ2n) is 9.54. The zero-order valence-corrected chi connectivity index (χ0v) is 15.7. The minimum atomic E-state index is 0.00644. The van der Waals surface area contributed by atoms with Crippen LogP contribution in [-0.4, -0.2) is 30.5 Å². The summed E-state index contributed by atoms with van der Waals surface area (Å²) in [6.45, 7) is 3.05. The van der Waals surface area contributed by atoms with Crippen LogP contribution < -0.4 is 10.2 Å². The number of rotatable bonds is 4. The topological polar surface area (TPSA) is 45.2 Å². The van der Waals surface area contributed by atoms with Gasteiger partial charge in [0, 0.05) is 43.1 Å². The van der Waals surface area contributed by atoms with E-state index in [0.717, 1.165) is 37.4 Å². The predicted molar refractivity (Wildman–Crippen MR) is 103 cm³/mol. The molecule has 4 nitrogen and oxygen atoms in total. The molecule has 4 aliphatic carbocycles. The first-order valence-electron chi connectivity index (χ1n) is 10.6. The number of pyridine rings is 1. The van der Waals surface area contributed by atoms with Gasteiger partial charge in [0.1, 0.15) is 0 Å². The summed E-state index contributed by atoms with van der Waals surface area (Å²) in [5.41, 5.74) is 1.28. The summed E-state index contributed by atoms with van der Waals surface area (Å²) in [4.78, 5) is 19.6. The molecule has 1 N–H and O–H groups in total. The van der Waals surface area contributed by atoms with Gasteiger partial charge in [-0.3, -0.25) is 9.78 Å². The summed E-state index contributed by atoms with van der Waals surface area (Å²) >= 11 is 0. The molecule has 0 unspecified atom stereocenters. The molecule has 1 saturated heterocycles. The van der Waals surface area contributed by atoms with Crippen molar-refractivity contribution in [2.75, 3.05) is 24.5 Å². The Morgan fingerprint density at radius 1 is 1.04 bits per heavy atom. The average Bonchev–Trinajstić information content (AvgIpc) is 2.66. The predicted octanol–water partition coefficient (Wildman–Crippen LogP) is 3.63. The van der Waals surface area contributed by atoms with E-state index in [-0.39, 0.29) is 5.41 Å². The van der Waals surface area contributed by atoms with E-state index in [1.54, 1.807) is 0 Å². The van der Waals surface area contributed by atoms with Gasteiger partial charge in [-0.15, -0.1) is 0 Å². The van der Waals surface area contributed by atoms with Gasteiger partial charge in [0.15, 0.2) is 0 Å². The molecule has 2 heterocycles. The largest absolute Gasteiger partial charge is 0.371 e. The maximum Gasteiger partial charge on any atom is 0.226 e. The van der Waals surface area contributed by atoms with E-state index in [2.05, 4.69) is 27.3 Å². The summed E-state index contributed by atoms with van der Waals surface area (Å²) < 4.78 is 0. The molecule has 0 radical (unpaired) electrons. The number of nitrogens with zero attached hydrogens (tertiary/aromatic N) is 2. The molecule has 5 aliphatic rings. The Balaban J connectivity index is 1.14. The number of hydrogen-bond donors (Lipinski definition) is 1. The molecule has 1 aromatic rings. The van der Waals surface area contributed by atoms with Gasteiger partial charge < -0.3 is 10.2 Å². The Morgan fingerprint density at radius 2 is 1.62 bits per heavy atom. The first-order chi connectivity index (χ1) is 12.7. The number of piperidine rings is 1. The molecule has 26 heavy (non-hydrogen) atoms. The maximum atomic E-state index is 13.1. The number of hydrogen-bond acceptors (Lipinski definition) is 3. The Kier molecular flexibility index (Phi) is 4.17. The molecule has 1 amide bonds. The molecule has 0 spiro atoms. The number of carbonyl (C=O) groups excluding carboxylic acids is 1. The van der Waals surface area contributed by atoms with E-state index in [4.69, 9.17) is 0 Å². The Labute approximate surface area is 156 Å². The molecule has 1 aromatic heterocycles. The first kappa shape index (κ1) is 16.6. The molecule has 140 valence electrons. The van der Waals surface area contributed by atoms with Crippen molar-refractivity contribution < 1.29 is 4.79 Å². The fraction of sp³-hybridized carbons (Fsp3) is 0.727. The van der Waals surface area contributed by atoms with Crippen LogP contribution in [0.15, 0.2) is 24.5 Å². The molecular weight excluding hydrogens is 322 g/mol. The highest BCUT2D eigenvalue weighted by molar-refractivity contribution is 5.83. The van der Waals surface area contributed by atoms with Crippen molar-refractivity contribution in [1.82, 2.24) is 10.3 Å². The van der Waals surface area contributed by atoms with E-state index in [1.165, 1.54) is 57.1 Å². The summed E-state index contributed by atoms with van der Waals surface area (Å²) in [5.74, 6) is 3.56. The molecule has 4 saturated carbocycles. The van der Waals surface area contributed by atoms with Crippen molar-refractivity contribution in [3.63, 3.8) is 0 Å². The van der Waals surface area contributed by atoms with Crippen LogP contribution in [0.5, 0.6) is 0 Å². The van der Waals surface area contributed by atoms with Crippen molar-refractivity contribution in [1.29, 1.82) is 0 Å². The van der Waals surface area contributed by atoms with Crippen LogP contribution in [0.2, 0.25) is 0 Å². The van der Waals surface area contributed by atoms with Crippen molar-refractivity contribution >= 4 is 11.6 Å². The van der Waals surface area contributed by atoms with Crippen LogP contribution in [0.25, 0.3) is 0 Å². The van der Waals surface area contributed by atoms with Crippen LogP contribution in [0.1, 0.15) is 51.4 Å². The highest BCUT2D eigenvalue weighted by Crippen LogP contribution is 2.60. The fourth-order valence-corrected chi connectivity index (χ4v) is 6.76. The monoisotopic (exact) mass is 353 g/mol. The number of aromatic nitrogens is 1. The lowest BCUT2D eigenvalue weighted by Crippen LogP contribution is -2.54. The van der Waals surface area contributed by atoms with Gasteiger partial charge in [0.25, 0.3) is 0 Å². The van der Waals surface area contributed by atoms with Gasteiger partial charge in [-0.1, -0.05) is 0 Å². The molecule has 4 heteroatoms. The van der Waals surface area contributed by atoms with Crippen LogP contribution in [0, 0.1) is 29.1 Å². The average molecular weight is 354 g/mol. The maximum absolute atomic E-state index is 13.1. The highest BCUT2D eigenvalue weighted by Gasteiger charge is 2.54. The van der Waals surface area contributed by atoms with Gasteiger partial charge in [-0.2, -0.15) is 0 Å². The number of anilines is 1. The summed E-state index contributed by atoms with van der Waals surface area (Å²) in [5, 5.41) is 3.40. The highest BCUT2D eigenvalue weighted by atomic mass is 16.2. The molecule has 4 bridgehead atoms. The zero-order chi connectivity index (χ0) is 17.6. The SMILES string of the molecule is O=C(NCC1CCN(c2ccncc2)CC1)C12CC3CC(CC(C3)C1)C2. The van der Waals surface area contributed by atoms with Crippen LogP contribution in [0.3, 0.4) is 0 Å². The van der Waals surface area contributed by atoms with Gasteiger partial charge >= 0.3 is 0 Å². The van der Waals surface area contributed by atoms with Gasteiger partial charge in [-0.25, -0.2) is 0 Å². The Bertz CT molecular complexity index is 615. The molecule has 6 rings (SSSR count). The van der Waals surface area contributed by atoms with E-state index in [1.807, 2.05) is 12.4 Å². The minimum absolute atomic E-state index is 0.00644. The van der Waals surface area contributed by atoms with Crippen LogP contribution in [0.4, 0.5) is 5.69 Å². The summed E-state index contributed by atoms with van der Waals surface area (Å²) in [6.07, 6.45) is 13.8. The quantitative estimate of drug-likeness (QED) is 0.899. The minimum Gasteiger partial charge on any atom is -0.371 e. The van der Waals surface area contributed by atoms with E-state index in [9.17, 15) is 4.79 Å². The number of nitrogens with one attached hydrogen (secondary N) is 1. The second-order valence-corrected chi connectivity index (χ2v) is 9.54. The second kappa shape index (κ2) is 6.54. The molecular formula is C22H31N3O. The zero-order valence-electron chi connectivity index (χ0n) is 15.7. The van der Waals surface area contributed by atoms with Crippen LogP contribution >= 0.6 is 0 Å². The van der Waals surface area contributed by atoms with E-state index < -0.39 is 0 Å². The summed E-state index contributed by atoms with van der Waals surface area (Å²) in [6, 6.07) is 4.18. The van der Waals surface area contributed by atoms with E-state index in [0.29, 0.717) is 11.8 Å². The molecule has 1 aliphatic heterocycles. The first-order valence-corrected chi connectivity index (χ1v) is 10.6. The van der Waals surface area contributed by atoms with Crippen molar-refractivity contribution in [3.8, 4) is 0 Å². The van der Waals surface area contributed by atoms with Gasteiger partial charge in [0.2, 0.25) is 5.91 Å². The normalized spacial score (nSPS) is 36.3. The van der Waals surface area contributed by atoms with E-state index >= 15 is 0 Å². The third kappa shape index (κ3) is 3.01. The Hall–Kier alpha value is -1.58. The lowest BCUT2D eigenvalue weighted by molar-refractivity contribution is -0.146. The third-order valence-corrected chi connectivity index (χ3v) is 7.71.